The molecule has 22 heteroatoms. The van der Waals surface area contributed by atoms with Gasteiger partial charge in [0.1, 0.15) is 97.6 Å². The van der Waals surface area contributed by atoms with Crippen molar-refractivity contribution >= 4 is 5.91 Å². The topological polar surface area (TPSA) is 357 Å². The number of amides is 1. The van der Waals surface area contributed by atoms with E-state index in [1.54, 1.807) is 0 Å². The molecule has 0 aliphatic carbocycles. The summed E-state index contributed by atoms with van der Waals surface area (Å²) in [5.41, 5.74) is 0. The minimum atomic E-state index is -1.95. The van der Waals surface area contributed by atoms with Crippen LogP contribution in [0.25, 0.3) is 0 Å². The first-order chi connectivity index (χ1) is 22.6. The third-order valence-corrected chi connectivity index (χ3v) is 8.59. The molecular formula is C26H45NO21. The Kier molecular flexibility index (Phi) is 13.8. The molecule has 0 saturated carbocycles. The highest BCUT2D eigenvalue weighted by Crippen LogP contribution is 2.32. The van der Waals surface area contributed by atoms with Crippen LogP contribution in [0.1, 0.15) is 6.92 Å². The lowest BCUT2D eigenvalue weighted by atomic mass is 9.95. The van der Waals surface area contributed by atoms with E-state index in [1.807, 2.05) is 0 Å². The lowest BCUT2D eigenvalue weighted by Crippen LogP contribution is -2.68. The number of aliphatic hydroxyl groups is 13. The van der Waals surface area contributed by atoms with Crippen LogP contribution in [0.15, 0.2) is 0 Å². The molecule has 4 rings (SSSR count). The van der Waals surface area contributed by atoms with E-state index in [-0.39, 0.29) is 0 Å². The summed E-state index contributed by atoms with van der Waals surface area (Å²) in [4.78, 5) is 12.1. The third kappa shape index (κ3) is 8.24. The van der Waals surface area contributed by atoms with Crippen molar-refractivity contribution in [1.29, 1.82) is 0 Å². The van der Waals surface area contributed by atoms with Crippen molar-refractivity contribution in [3.63, 3.8) is 0 Å². The molecule has 1 unspecified atom stereocenters. The summed E-state index contributed by atoms with van der Waals surface area (Å²) >= 11 is 0. The van der Waals surface area contributed by atoms with Crippen molar-refractivity contribution in [2.75, 3.05) is 26.4 Å². The molecule has 0 aromatic rings. The third-order valence-electron chi connectivity index (χ3n) is 8.59. The maximum Gasteiger partial charge on any atom is 0.217 e. The molecule has 4 heterocycles. The first-order valence-electron chi connectivity index (χ1n) is 15.1. The summed E-state index contributed by atoms with van der Waals surface area (Å²) in [5, 5.41) is 135. The zero-order chi connectivity index (χ0) is 35.6. The largest absolute Gasteiger partial charge is 0.394 e. The van der Waals surface area contributed by atoms with Crippen molar-refractivity contribution < 1.29 is 104 Å². The van der Waals surface area contributed by atoms with E-state index in [9.17, 15) is 71.2 Å². The zero-order valence-electron chi connectivity index (χ0n) is 25.5. The number of hydrogen-bond acceptors (Lipinski definition) is 21. The summed E-state index contributed by atoms with van der Waals surface area (Å²) in [6, 6.07) is -1.49. The van der Waals surface area contributed by atoms with Gasteiger partial charge in [0.25, 0.3) is 0 Å². The Balaban J connectivity index is 1.47. The van der Waals surface area contributed by atoms with Gasteiger partial charge < -0.3 is 105 Å². The minimum Gasteiger partial charge on any atom is -0.394 e. The number of rotatable bonds is 11. The summed E-state index contributed by atoms with van der Waals surface area (Å²) < 4.78 is 38.4. The number of carbonyl (C=O) groups excluding carboxylic acids is 1. The van der Waals surface area contributed by atoms with Crippen LogP contribution in [0, 0.1) is 0 Å². The molecule has 20 atom stereocenters. The van der Waals surface area contributed by atoms with Gasteiger partial charge in [0, 0.05) is 6.92 Å². The number of aliphatic hydroxyl groups excluding tert-OH is 13. The van der Waals surface area contributed by atoms with Crippen LogP contribution in [0.5, 0.6) is 0 Å². The normalized spacial score (nSPS) is 50.2. The van der Waals surface area contributed by atoms with Crippen molar-refractivity contribution in [3.05, 3.63) is 0 Å². The van der Waals surface area contributed by atoms with Crippen LogP contribution < -0.4 is 5.32 Å². The van der Waals surface area contributed by atoms with Crippen LogP contribution in [0.4, 0.5) is 0 Å². The van der Waals surface area contributed by atoms with Crippen LogP contribution in [0.3, 0.4) is 0 Å². The van der Waals surface area contributed by atoms with Crippen LogP contribution >= 0.6 is 0 Å². The van der Waals surface area contributed by atoms with E-state index < -0.39 is 155 Å². The zero-order valence-corrected chi connectivity index (χ0v) is 25.5. The van der Waals surface area contributed by atoms with Gasteiger partial charge in [0.05, 0.1) is 26.4 Å². The average Bonchev–Trinajstić information content (AvgIpc) is 3.06. The highest BCUT2D eigenvalue weighted by Gasteiger charge is 2.53. The molecule has 14 N–H and O–H groups in total. The minimum absolute atomic E-state index is 0.703. The highest BCUT2D eigenvalue weighted by atomic mass is 16.8. The maximum absolute atomic E-state index is 12.1. The van der Waals surface area contributed by atoms with Gasteiger partial charge in [-0.1, -0.05) is 0 Å². The SMILES string of the molecule is CC(=O)N[C@H]1[C@H](OC[C@H]2O[C@@H](O[C@H]3[C@H](O)[C@@H](O)C(O)O[C@@H]3CO)[C@H](O)[C@@H](O)[C@H]2O)O[C@H](CO)[C@@H](O[C@@H]2O[C@H](CO)[C@H](O)[C@H](O)[C@H]2O)[C@@H]1O. The highest BCUT2D eigenvalue weighted by molar-refractivity contribution is 5.73. The van der Waals surface area contributed by atoms with Crippen LogP contribution in [-0.4, -0.2) is 221 Å². The lowest BCUT2D eigenvalue weighted by Gasteiger charge is -2.48. The van der Waals surface area contributed by atoms with E-state index in [1.165, 1.54) is 0 Å². The molecule has 1 amide bonds. The van der Waals surface area contributed by atoms with Crippen molar-refractivity contribution in [1.82, 2.24) is 5.32 Å². The molecule has 48 heavy (non-hydrogen) atoms. The first kappa shape index (κ1) is 39.5. The summed E-state index contributed by atoms with van der Waals surface area (Å²) in [7, 11) is 0. The van der Waals surface area contributed by atoms with E-state index in [2.05, 4.69) is 5.32 Å². The molecule has 0 radical (unpaired) electrons. The van der Waals surface area contributed by atoms with Crippen molar-refractivity contribution in [3.8, 4) is 0 Å². The smallest absolute Gasteiger partial charge is 0.217 e. The summed E-state index contributed by atoms with van der Waals surface area (Å²) in [6.45, 7) is -2.07. The molecule has 280 valence electrons. The Morgan fingerprint density at radius 1 is 0.542 bits per heavy atom. The molecule has 4 aliphatic heterocycles. The Morgan fingerprint density at radius 2 is 1.00 bits per heavy atom. The lowest BCUT2D eigenvalue weighted by molar-refractivity contribution is -0.364. The van der Waals surface area contributed by atoms with Gasteiger partial charge in [0.2, 0.25) is 5.91 Å². The Bertz CT molecular complexity index is 1030. The predicted octanol–water partition coefficient (Wildman–Crippen LogP) is -9.61. The molecule has 0 bridgehead atoms. The molecule has 0 aromatic heterocycles. The second-order valence-electron chi connectivity index (χ2n) is 11.9. The molecule has 4 aliphatic rings. The number of nitrogens with one attached hydrogen (secondary N) is 1. The Morgan fingerprint density at radius 3 is 1.52 bits per heavy atom. The molecule has 0 aromatic carbocycles. The predicted molar refractivity (Wildman–Crippen MR) is 145 cm³/mol. The maximum atomic E-state index is 12.1. The molecule has 0 spiro atoms. The summed E-state index contributed by atoms with van der Waals surface area (Å²) in [5.74, 6) is -0.703. The Hall–Kier alpha value is -1.33. The first-order valence-corrected chi connectivity index (χ1v) is 15.1. The van der Waals surface area contributed by atoms with Gasteiger partial charge in [0.15, 0.2) is 25.2 Å². The Labute approximate surface area is 272 Å². The molecular weight excluding hydrogens is 662 g/mol. The fraction of sp³-hybridized carbons (Fsp3) is 0.962. The molecule has 22 nitrogen and oxygen atoms in total. The average molecular weight is 708 g/mol. The van der Waals surface area contributed by atoms with Crippen molar-refractivity contribution in [2.45, 2.75) is 130 Å². The standard InChI is InChI=1S/C26H45NO21/c1-6(31)27-11-14(34)21(47-25-19(39)15(35)12(32)7(2-28)44-25)9(4-30)45-24(11)42-5-10-13(33)16(36)20(40)26(46-10)48-22-8(3-29)43-23(41)18(38)17(22)37/h7-26,28-30,32-41H,2-5H2,1H3,(H,27,31)/t7-,8-,9-,10-,11-,12+,13+,14-,15+,16+,17-,18-,19-,20-,21-,22-,23?,24-,25+,26+/m1/s1. The van der Waals surface area contributed by atoms with Crippen molar-refractivity contribution in [2.24, 2.45) is 0 Å². The number of hydrogen-bond donors (Lipinski definition) is 14. The second-order valence-corrected chi connectivity index (χ2v) is 11.9. The monoisotopic (exact) mass is 707 g/mol. The van der Waals surface area contributed by atoms with Gasteiger partial charge in [-0.05, 0) is 0 Å². The number of carbonyl (C=O) groups is 1. The fourth-order valence-corrected chi connectivity index (χ4v) is 5.85. The van der Waals surface area contributed by atoms with E-state index >= 15 is 0 Å². The van der Waals surface area contributed by atoms with Gasteiger partial charge in [-0.2, -0.15) is 0 Å². The quantitative estimate of drug-likeness (QED) is 0.0947. The van der Waals surface area contributed by atoms with Gasteiger partial charge in [-0.25, -0.2) is 0 Å². The van der Waals surface area contributed by atoms with Gasteiger partial charge in [-0.15, -0.1) is 0 Å². The fourth-order valence-electron chi connectivity index (χ4n) is 5.85. The van der Waals surface area contributed by atoms with Crippen LogP contribution in [0.2, 0.25) is 0 Å². The second kappa shape index (κ2) is 16.8. The number of ether oxygens (including phenoxy) is 7. The van der Waals surface area contributed by atoms with Gasteiger partial charge in [-0.3, -0.25) is 4.79 Å². The van der Waals surface area contributed by atoms with E-state index in [0.29, 0.717) is 0 Å². The summed E-state index contributed by atoms with van der Waals surface area (Å²) in [6.07, 6.45) is -32.8. The van der Waals surface area contributed by atoms with E-state index in [4.69, 9.17) is 33.2 Å². The van der Waals surface area contributed by atoms with E-state index in [0.717, 1.165) is 6.92 Å². The molecule has 4 fully saturated rings. The van der Waals surface area contributed by atoms with Crippen LogP contribution in [-0.2, 0) is 38.0 Å². The van der Waals surface area contributed by atoms with Gasteiger partial charge >= 0.3 is 0 Å². The molecule has 4 saturated heterocycles.